The number of carbonyl (C=O) groups is 1. The van der Waals surface area contributed by atoms with Crippen LogP contribution in [0.5, 0.6) is 0 Å². The SMILES string of the molecule is C#Cc1c(-c2c(C)ccc3c2CC(=C)C3=C)cc(N2CCC(N3CCN(C)CC3)CC2)cc1N1CCC2(CN(C(=O)C=C)C2)C1. The van der Waals surface area contributed by atoms with E-state index in [1.165, 1.54) is 59.9 Å². The summed E-state index contributed by atoms with van der Waals surface area (Å²) in [6.45, 7) is 24.8. The number of carbonyl (C=O) groups excluding carboxylic acids is 1. The van der Waals surface area contributed by atoms with Crippen LogP contribution in [0.4, 0.5) is 11.4 Å². The second-order valence-corrected chi connectivity index (χ2v) is 14.2. The number of rotatable bonds is 5. The monoisotopic (exact) mass is 601 g/mol. The van der Waals surface area contributed by atoms with Gasteiger partial charge < -0.3 is 19.6 Å². The summed E-state index contributed by atoms with van der Waals surface area (Å²) in [6.07, 6.45) is 12.1. The second-order valence-electron chi connectivity index (χ2n) is 14.2. The highest BCUT2D eigenvalue weighted by atomic mass is 16.2. The number of hydrogen-bond donors (Lipinski definition) is 0. The first-order valence-corrected chi connectivity index (χ1v) is 16.7. The molecular formula is C39H47N5O. The fourth-order valence-corrected chi connectivity index (χ4v) is 8.63. The van der Waals surface area contributed by atoms with Crippen LogP contribution in [-0.4, -0.2) is 99.1 Å². The van der Waals surface area contributed by atoms with Crippen LogP contribution in [-0.2, 0) is 11.2 Å². The van der Waals surface area contributed by atoms with Crippen molar-refractivity contribution in [2.24, 2.45) is 5.41 Å². The van der Waals surface area contributed by atoms with Gasteiger partial charge in [0.2, 0.25) is 5.91 Å². The van der Waals surface area contributed by atoms with Gasteiger partial charge in [0, 0.05) is 88.2 Å². The molecule has 6 nitrogen and oxygen atoms in total. The Morgan fingerprint density at radius 3 is 2.40 bits per heavy atom. The van der Waals surface area contributed by atoms with Gasteiger partial charge in [-0.2, -0.15) is 0 Å². The lowest BCUT2D eigenvalue weighted by Crippen LogP contribution is -2.59. The number of likely N-dealkylation sites (tertiary alicyclic amines) is 1. The Morgan fingerprint density at radius 2 is 1.71 bits per heavy atom. The summed E-state index contributed by atoms with van der Waals surface area (Å²) >= 11 is 0. The molecule has 4 heterocycles. The number of benzene rings is 2. The highest BCUT2D eigenvalue weighted by Gasteiger charge is 2.49. The quantitative estimate of drug-likeness (QED) is 0.347. The molecule has 7 rings (SSSR count). The normalized spacial score (nSPS) is 22.1. The molecule has 0 saturated carbocycles. The van der Waals surface area contributed by atoms with E-state index >= 15 is 0 Å². The largest absolute Gasteiger partial charge is 0.371 e. The maximum atomic E-state index is 12.3. The minimum Gasteiger partial charge on any atom is -0.371 e. The fourth-order valence-electron chi connectivity index (χ4n) is 8.63. The molecular weight excluding hydrogens is 554 g/mol. The molecule has 234 valence electrons. The molecule has 6 heteroatoms. The lowest BCUT2D eigenvalue weighted by molar-refractivity contribution is -0.136. The van der Waals surface area contributed by atoms with Crippen LogP contribution in [0, 0.1) is 24.7 Å². The summed E-state index contributed by atoms with van der Waals surface area (Å²) in [5.41, 5.74) is 11.8. The van der Waals surface area contributed by atoms with E-state index in [4.69, 9.17) is 6.42 Å². The van der Waals surface area contributed by atoms with Crippen LogP contribution >= 0.6 is 0 Å². The van der Waals surface area contributed by atoms with Crippen LogP contribution < -0.4 is 9.80 Å². The molecule has 1 spiro atoms. The summed E-state index contributed by atoms with van der Waals surface area (Å²) in [6, 6.07) is 9.83. The lowest BCUT2D eigenvalue weighted by Gasteiger charge is -2.47. The number of allylic oxidation sites excluding steroid dienone is 2. The van der Waals surface area contributed by atoms with Gasteiger partial charge in [0.15, 0.2) is 0 Å². The molecule has 45 heavy (non-hydrogen) atoms. The minimum atomic E-state index is 0.0317. The second kappa shape index (κ2) is 11.5. The van der Waals surface area contributed by atoms with Gasteiger partial charge >= 0.3 is 0 Å². The summed E-state index contributed by atoms with van der Waals surface area (Å²) in [7, 11) is 2.23. The van der Waals surface area contributed by atoms with Crippen molar-refractivity contribution in [3.8, 4) is 23.5 Å². The Morgan fingerprint density at radius 1 is 0.978 bits per heavy atom. The van der Waals surface area contributed by atoms with Crippen molar-refractivity contribution in [3.63, 3.8) is 0 Å². The van der Waals surface area contributed by atoms with Crippen molar-refractivity contribution in [2.75, 3.05) is 82.3 Å². The van der Waals surface area contributed by atoms with E-state index in [0.29, 0.717) is 6.04 Å². The summed E-state index contributed by atoms with van der Waals surface area (Å²) in [5, 5.41) is 0. The number of terminal acetylenes is 1. The molecule has 0 radical (unpaired) electrons. The lowest BCUT2D eigenvalue weighted by atomic mass is 9.79. The van der Waals surface area contributed by atoms with E-state index in [0.717, 1.165) is 93.2 Å². The Hall–Kier alpha value is -3.79. The third-order valence-electron chi connectivity index (χ3n) is 11.4. The van der Waals surface area contributed by atoms with E-state index in [2.05, 4.69) is 83.5 Å². The highest BCUT2D eigenvalue weighted by molar-refractivity contribution is 5.93. The highest BCUT2D eigenvalue weighted by Crippen LogP contribution is 2.48. The molecule has 4 saturated heterocycles. The average molecular weight is 602 g/mol. The first-order valence-electron chi connectivity index (χ1n) is 16.7. The summed E-state index contributed by atoms with van der Waals surface area (Å²) < 4.78 is 0. The predicted octanol–water partition coefficient (Wildman–Crippen LogP) is 5.21. The Bertz CT molecular complexity index is 1610. The van der Waals surface area contributed by atoms with Gasteiger partial charge in [-0.15, -0.1) is 6.42 Å². The van der Waals surface area contributed by atoms with Crippen molar-refractivity contribution in [1.82, 2.24) is 14.7 Å². The van der Waals surface area contributed by atoms with Gasteiger partial charge in [0.05, 0.1) is 11.3 Å². The van der Waals surface area contributed by atoms with Gasteiger partial charge in [-0.25, -0.2) is 0 Å². The smallest absolute Gasteiger partial charge is 0.245 e. The average Bonchev–Trinajstić information content (AvgIpc) is 3.61. The van der Waals surface area contributed by atoms with Crippen LogP contribution in [0.25, 0.3) is 16.7 Å². The first-order chi connectivity index (χ1) is 21.7. The van der Waals surface area contributed by atoms with Crippen LogP contribution in [0.2, 0.25) is 0 Å². The standard InChI is InChI=1S/C39H47N5O/c1-7-32-35(38-27(3)9-10-33-29(5)28(4)21-34(33)38)22-31(41-14-11-30(12-15-41)42-19-17-40(6)18-20-42)23-36(32)43-16-13-39(24-43)25-44(26-39)37(45)8-2/h1,8-10,22-23,30H,2,4-5,11-21,24-26H2,3,6H3. The van der Waals surface area contributed by atoms with Crippen LogP contribution in [0.3, 0.4) is 0 Å². The summed E-state index contributed by atoms with van der Waals surface area (Å²) in [5.74, 6) is 3.20. The number of hydrogen-bond acceptors (Lipinski definition) is 5. The minimum absolute atomic E-state index is 0.0317. The molecule has 2 aromatic carbocycles. The van der Waals surface area contributed by atoms with E-state index in [-0.39, 0.29) is 11.3 Å². The van der Waals surface area contributed by atoms with Crippen LogP contribution in [0.15, 0.2) is 55.7 Å². The van der Waals surface area contributed by atoms with E-state index in [9.17, 15) is 4.79 Å². The van der Waals surface area contributed by atoms with Crippen molar-refractivity contribution < 1.29 is 4.79 Å². The number of piperidine rings is 1. The first kappa shape index (κ1) is 29.9. The molecule has 1 amide bonds. The predicted molar refractivity (Wildman–Crippen MR) is 187 cm³/mol. The zero-order valence-corrected chi connectivity index (χ0v) is 27.2. The number of piperazine rings is 1. The number of fused-ring (bicyclic) bond motifs is 1. The van der Waals surface area contributed by atoms with Gasteiger partial charge in [-0.05, 0) is 91.3 Å². The van der Waals surface area contributed by atoms with Crippen molar-refractivity contribution in [2.45, 2.75) is 38.6 Å². The molecule has 0 N–H and O–H groups in total. The van der Waals surface area contributed by atoms with Gasteiger partial charge in [0.25, 0.3) is 0 Å². The molecule has 4 aliphatic heterocycles. The molecule has 5 aliphatic rings. The Labute approximate surface area is 269 Å². The molecule has 0 atom stereocenters. The Balaban J connectivity index is 1.25. The molecule has 4 fully saturated rings. The fraction of sp³-hybridized carbons (Fsp3) is 0.462. The third kappa shape index (κ3) is 5.20. The van der Waals surface area contributed by atoms with Gasteiger partial charge in [-0.1, -0.05) is 37.8 Å². The maximum Gasteiger partial charge on any atom is 0.245 e. The van der Waals surface area contributed by atoms with Crippen molar-refractivity contribution in [3.05, 3.63) is 77.9 Å². The maximum absolute atomic E-state index is 12.3. The van der Waals surface area contributed by atoms with Gasteiger partial charge in [0.1, 0.15) is 0 Å². The molecule has 0 aromatic heterocycles. The van der Waals surface area contributed by atoms with Gasteiger partial charge in [-0.3, -0.25) is 9.69 Å². The molecule has 2 aromatic rings. The Kier molecular flexibility index (Phi) is 7.66. The number of aryl methyl sites for hydroxylation is 1. The number of amides is 1. The molecule has 0 bridgehead atoms. The number of nitrogens with zero attached hydrogens (tertiary/aromatic N) is 5. The van der Waals surface area contributed by atoms with E-state index in [1.54, 1.807) is 0 Å². The summed E-state index contributed by atoms with van der Waals surface area (Å²) in [4.78, 5) is 24.4. The van der Waals surface area contributed by atoms with Crippen LogP contribution in [0.1, 0.15) is 41.5 Å². The van der Waals surface area contributed by atoms with Crippen molar-refractivity contribution in [1.29, 1.82) is 0 Å². The molecule has 1 aliphatic carbocycles. The molecule has 0 unspecified atom stereocenters. The zero-order chi connectivity index (χ0) is 31.5. The van der Waals surface area contributed by atoms with Crippen molar-refractivity contribution >= 4 is 22.9 Å². The topological polar surface area (TPSA) is 33.3 Å². The van der Waals surface area contributed by atoms with E-state index in [1.807, 2.05) is 4.90 Å². The number of likely N-dealkylation sites (N-methyl/N-ethyl adjacent to an activating group) is 1. The zero-order valence-electron chi connectivity index (χ0n) is 27.2. The number of anilines is 2. The third-order valence-corrected chi connectivity index (χ3v) is 11.4. The van der Waals surface area contributed by atoms with E-state index < -0.39 is 0 Å².